The van der Waals surface area contributed by atoms with Crippen LogP contribution in [0, 0.1) is 0 Å². The number of nitrogens with zero attached hydrogens (tertiary/aromatic N) is 1. The van der Waals surface area contributed by atoms with Gasteiger partial charge in [-0.15, -0.1) is 0 Å². The smallest absolute Gasteiger partial charge is 0.262 e. The summed E-state index contributed by atoms with van der Waals surface area (Å²) < 4.78 is 11.3. The first-order chi connectivity index (χ1) is 20.5. The molecule has 2 aliphatic rings. The lowest BCUT2D eigenvalue weighted by Crippen LogP contribution is -2.33. The van der Waals surface area contributed by atoms with Gasteiger partial charge in [0.05, 0.1) is 12.3 Å². The van der Waals surface area contributed by atoms with Crippen molar-refractivity contribution in [3.8, 4) is 11.5 Å². The fraction of sp³-hybridized carbons (Fsp3) is 0.364. The average Bonchev–Trinajstić information content (AvgIpc) is 3.85. The highest BCUT2D eigenvalue weighted by Crippen LogP contribution is 2.33. The van der Waals surface area contributed by atoms with E-state index in [1.54, 1.807) is 30.3 Å². The van der Waals surface area contributed by atoms with Crippen LogP contribution in [0.3, 0.4) is 0 Å². The van der Waals surface area contributed by atoms with E-state index in [1.165, 1.54) is 12.8 Å². The van der Waals surface area contributed by atoms with Crippen molar-refractivity contribution in [1.82, 2.24) is 4.90 Å². The number of anilines is 2. The van der Waals surface area contributed by atoms with E-state index < -0.39 is 0 Å². The van der Waals surface area contributed by atoms with Gasteiger partial charge in [-0.3, -0.25) is 14.4 Å². The number of benzene rings is 3. The van der Waals surface area contributed by atoms with E-state index in [4.69, 9.17) is 15.2 Å². The highest BCUT2D eigenvalue weighted by Gasteiger charge is 2.33. The number of hydrogen-bond acceptors (Lipinski definition) is 6. The first kappa shape index (κ1) is 29.1. The number of unbranched alkanes of at least 4 members (excludes halogenated alkanes) is 4. The SMILES string of the molecule is NCCCCCCCOc1ccc(NC(=O)c2ccc(CN(C(=O)c3ccc4c(c3)OCC(=O)N4)C3CC3)cc2)cc1. The van der Waals surface area contributed by atoms with Gasteiger partial charge in [-0.2, -0.15) is 0 Å². The lowest BCUT2D eigenvalue weighted by molar-refractivity contribution is -0.118. The van der Waals surface area contributed by atoms with Crippen molar-refractivity contribution in [3.05, 3.63) is 83.4 Å². The van der Waals surface area contributed by atoms with E-state index in [0.29, 0.717) is 41.4 Å². The minimum Gasteiger partial charge on any atom is -0.494 e. The van der Waals surface area contributed by atoms with E-state index >= 15 is 0 Å². The average molecular weight is 571 g/mol. The largest absolute Gasteiger partial charge is 0.494 e. The molecule has 4 N–H and O–H groups in total. The van der Waals surface area contributed by atoms with Gasteiger partial charge < -0.3 is 30.7 Å². The predicted octanol–water partition coefficient (Wildman–Crippen LogP) is 5.36. The van der Waals surface area contributed by atoms with Crippen LogP contribution in [-0.4, -0.2) is 48.4 Å². The molecule has 1 aliphatic heterocycles. The second kappa shape index (κ2) is 14.0. The minimum atomic E-state index is -0.211. The molecule has 5 rings (SSSR count). The van der Waals surface area contributed by atoms with E-state index in [9.17, 15) is 14.4 Å². The summed E-state index contributed by atoms with van der Waals surface area (Å²) in [6.07, 6.45) is 7.49. The maximum atomic E-state index is 13.4. The first-order valence-corrected chi connectivity index (χ1v) is 14.7. The molecule has 0 radical (unpaired) electrons. The molecule has 0 spiro atoms. The summed E-state index contributed by atoms with van der Waals surface area (Å²) in [6, 6.07) is 20.0. The summed E-state index contributed by atoms with van der Waals surface area (Å²) >= 11 is 0. The molecule has 1 heterocycles. The van der Waals surface area contributed by atoms with Crippen molar-refractivity contribution < 1.29 is 23.9 Å². The Morgan fingerprint density at radius 3 is 2.38 bits per heavy atom. The van der Waals surface area contributed by atoms with Crippen LogP contribution < -0.4 is 25.8 Å². The third-order valence-corrected chi connectivity index (χ3v) is 7.41. The molecule has 1 aliphatic carbocycles. The lowest BCUT2D eigenvalue weighted by Gasteiger charge is -2.24. The highest BCUT2D eigenvalue weighted by molar-refractivity contribution is 6.04. The maximum Gasteiger partial charge on any atom is 0.262 e. The van der Waals surface area contributed by atoms with Crippen molar-refractivity contribution >= 4 is 29.1 Å². The standard InChI is InChI=1S/C33H38N4O5/c34-18-4-2-1-3-5-19-41-28-15-11-26(12-16-28)35-32(39)24-8-6-23(7-9-24)21-37(27-13-14-27)33(40)25-10-17-29-30(20-25)42-22-31(38)36-29/h6-12,15-17,20,27H,1-5,13-14,18-19,21-22,34H2,(H,35,39)(H,36,38). The zero-order chi connectivity index (χ0) is 29.3. The lowest BCUT2D eigenvalue weighted by atomic mass is 10.1. The molecule has 0 bridgehead atoms. The Bertz CT molecular complexity index is 1390. The number of nitrogens with one attached hydrogen (secondary N) is 2. The normalized spacial score (nSPS) is 13.9. The summed E-state index contributed by atoms with van der Waals surface area (Å²) in [6.45, 7) is 1.80. The Morgan fingerprint density at radius 1 is 0.929 bits per heavy atom. The van der Waals surface area contributed by atoms with Crippen LogP contribution in [0.4, 0.5) is 11.4 Å². The second-order valence-electron chi connectivity index (χ2n) is 10.8. The van der Waals surface area contributed by atoms with Gasteiger partial charge in [0.15, 0.2) is 6.61 Å². The number of rotatable bonds is 14. The molecule has 3 amide bonds. The van der Waals surface area contributed by atoms with E-state index in [1.807, 2.05) is 41.3 Å². The number of fused-ring (bicyclic) bond motifs is 1. The Balaban J connectivity index is 1.12. The Labute approximate surface area is 246 Å². The molecular formula is C33H38N4O5. The summed E-state index contributed by atoms with van der Waals surface area (Å²) in [5.74, 6) is 0.779. The number of carbonyl (C=O) groups excluding carboxylic acids is 3. The van der Waals surface area contributed by atoms with E-state index in [-0.39, 0.29) is 30.4 Å². The van der Waals surface area contributed by atoms with Gasteiger partial charge in [0.25, 0.3) is 17.7 Å². The number of nitrogens with two attached hydrogens (primary N) is 1. The van der Waals surface area contributed by atoms with Crippen molar-refractivity contribution in [2.45, 2.75) is 57.5 Å². The van der Waals surface area contributed by atoms with Crippen LogP contribution in [-0.2, 0) is 11.3 Å². The Kier molecular flexibility index (Phi) is 9.71. The summed E-state index contributed by atoms with van der Waals surface area (Å²) in [7, 11) is 0. The van der Waals surface area contributed by atoms with Crippen LogP contribution in [0.15, 0.2) is 66.7 Å². The number of amides is 3. The monoisotopic (exact) mass is 570 g/mol. The van der Waals surface area contributed by atoms with Crippen molar-refractivity contribution in [2.24, 2.45) is 5.73 Å². The van der Waals surface area contributed by atoms with Gasteiger partial charge in [0.2, 0.25) is 0 Å². The van der Waals surface area contributed by atoms with Gasteiger partial charge in [0, 0.05) is 29.4 Å². The number of hydrogen-bond donors (Lipinski definition) is 3. The molecule has 0 unspecified atom stereocenters. The molecule has 42 heavy (non-hydrogen) atoms. The number of carbonyl (C=O) groups is 3. The molecule has 1 saturated carbocycles. The molecule has 9 heteroatoms. The zero-order valence-corrected chi connectivity index (χ0v) is 23.8. The van der Waals surface area contributed by atoms with Crippen molar-refractivity contribution in [2.75, 3.05) is 30.4 Å². The zero-order valence-electron chi connectivity index (χ0n) is 23.8. The van der Waals surface area contributed by atoms with Crippen LogP contribution in [0.2, 0.25) is 0 Å². The topological polar surface area (TPSA) is 123 Å². The van der Waals surface area contributed by atoms with Gasteiger partial charge in [0.1, 0.15) is 11.5 Å². The Morgan fingerprint density at radius 2 is 1.64 bits per heavy atom. The van der Waals surface area contributed by atoms with Crippen molar-refractivity contribution in [3.63, 3.8) is 0 Å². The molecular weight excluding hydrogens is 532 g/mol. The highest BCUT2D eigenvalue weighted by atomic mass is 16.5. The fourth-order valence-electron chi connectivity index (χ4n) is 4.89. The van der Waals surface area contributed by atoms with Gasteiger partial charge in [-0.05, 0) is 92.4 Å². The molecule has 3 aromatic rings. The van der Waals surface area contributed by atoms with Gasteiger partial charge in [-0.25, -0.2) is 0 Å². The van der Waals surface area contributed by atoms with Crippen LogP contribution in [0.1, 0.15) is 71.2 Å². The summed E-state index contributed by atoms with van der Waals surface area (Å²) in [4.78, 5) is 39.7. The molecule has 220 valence electrons. The summed E-state index contributed by atoms with van der Waals surface area (Å²) in [5, 5.41) is 5.68. The molecule has 1 fully saturated rings. The second-order valence-corrected chi connectivity index (χ2v) is 10.8. The molecule has 0 atom stereocenters. The summed E-state index contributed by atoms with van der Waals surface area (Å²) in [5.41, 5.74) is 8.77. The van der Waals surface area contributed by atoms with E-state index in [0.717, 1.165) is 50.0 Å². The van der Waals surface area contributed by atoms with Crippen LogP contribution in [0.5, 0.6) is 11.5 Å². The minimum absolute atomic E-state index is 0.0623. The molecule has 3 aromatic carbocycles. The third-order valence-electron chi connectivity index (χ3n) is 7.41. The van der Waals surface area contributed by atoms with Crippen LogP contribution in [0.25, 0.3) is 0 Å². The molecule has 0 aromatic heterocycles. The number of ether oxygens (including phenoxy) is 2. The van der Waals surface area contributed by atoms with Gasteiger partial charge in [-0.1, -0.05) is 31.4 Å². The van der Waals surface area contributed by atoms with Gasteiger partial charge >= 0.3 is 0 Å². The molecule has 0 saturated heterocycles. The van der Waals surface area contributed by atoms with E-state index in [2.05, 4.69) is 10.6 Å². The predicted molar refractivity (Wildman–Crippen MR) is 162 cm³/mol. The fourth-order valence-corrected chi connectivity index (χ4v) is 4.89. The maximum absolute atomic E-state index is 13.4. The first-order valence-electron chi connectivity index (χ1n) is 14.7. The third kappa shape index (κ3) is 7.88. The quantitative estimate of drug-likeness (QED) is 0.224. The van der Waals surface area contributed by atoms with Crippen LogP contribution >= 0.6 is 0 Å². The molecule has 9 nitrogen and oxygen atoms in total. The Hall–Kier alpha value is -4.37. The van der Waals surface area contributed by atoms with Crippen molar-refractivity contribution in [1.29, 1.82) is 0 Å².